The van der Waals surface area contributed by atoms with E-state index in [0.717, 1.165) is 18.2 Å². The van der Waals surface area contributed by atoms with Gasteiger partial charge in [-0.1, -0.05) is 25.6 Å². The molecule has 0 fully saturated rings. The summed E-state index contributed by atoms with van der Waals surface area (Å²) in [4.78, 5) is 34.9. The Balaban J connectivity index is 4.35. The molecular formula is C13H24N2O3S2. The van der Waals surface area contributed by atoms with Crippen molar-refractivity contribution in [2.24, 2.45) is 5.73 Å². The summed E-state index contributed by atoms with van der Waals surface area (Å²) in [5.41, 5.74) is 5.67. The molecule has 0 aliphatic heterocycles. The third kappa shape index (κ3) is 7.91. The molecule has 0 aliphatic rings. The second kappa shape index (κ2) is 11.2. The largest absolute Gasteiger partial charge is 0.345 e. The Bertz CT molecular complexity index is 338. The van der Waals surface area contributed by atoms with Gasteiger partial charge < -0.3 is 11.1 Å². The van der Waals surface area contributed by atoms with Crippen LogP contribution >= 0.6 is 24.4 Å². The van der Waals surface area contributed by atoms with Gasteiger partial charge in [0.2, 0.25) is 11.0 Å². The molecule has 0 bridgehead atoms. The minimum atomic E-state index is -0.628. The number of Topliss-reactive ketones (excluding diaryl/α,β-unsaturated/α-hetero) is 1. The first kappa shape index (κ1) is 19.5. The highest BCUT2D eigenvalue weighted by Crippen LogP contribution is 2.11. The van der Waals surface area contributed by atoms with Gasteiger partial charge in [0.15, 0.2) is 0 Å². The molecule has 0 radical (unpaired) electrons. The number of amides is 1. The number of nitrogens with one attached hydrogen (secondary N) is 1. The van der Waals surface area contributed by atoms with E-state index in [9.17, 15) is 14.4 Å². The predicted octanol–water partition coefficient (Wildman–Crippen LogP) is 1.16. The fourth-order valence-corrected chi connectivity index (χ4v) is 2.67. The van der Waals surface area contributed by atoms with E-state index >= 15 is 0 Å². The second-order valence-electron chi connectivity index (χ2n) is 4.44. The molecule has 2 unspecified atom stereocenters. The molecule has 1 amide bonds. The summed E-state index contributed by atoms with van der Waals surface area (Å²) in [5.74, 6) is 0.551. The second-order valence-corrected chi connectivity index (χ2v) is 5.91. The summed E-state index contributed by atoms with van der Waals surface area (Å²) in [5, 5.41) is 2.54. The summed E-state index contributed by atoms with van der Waals surface area (Å²) in [7, 11) is 0. The molecule has 116 valence electrons. The molecule has 7 heteroatoms. The van der Waals surface area contributed by atoms with Gasteiger partial charge in [0.25, 0.3) is 0 Å². The number of rotatable bonds is 10. The Hall–Kier alpha value is -0.530. The highest BCUT2D eigenvalue weighted by Gasteiger charge is 2.22. The van der Waals surface area contributed by atoms with E-state index in [2.05, 4.69) is 17.9 Å². The average molecular weight is 320 g/mol. The third-order valence-corrected chi connectivity index (χ3v) is 4.03. The van der Waals surface area contributed by atoms with Gasteiger partial charge in [0.05, 0.1) is 12.1 Å². The Labute approximate surface area is 130 Å². The number of carbonyl (C=O) groups excluding carboxylic acids is 3. The Morgan fingerprint density at radius 1 is 1.30 bits per heavy atom. The van der Waals surface area contributed by atoms with E-state index < -0.39 is 12.1 Å². The maximum atomic E-state index is 12.0. The molecule has 5 nitrogen and oxygen atoms in total. The summed E-state index contributed by atoms with van der Waals surface area (Å²) in [6.07, 6.45) is 1.97. The number of hydrogen-bond donors (Lipinski definition) is 3. The van der Waals surface area contributed by atoms with Crippen LogP contribution in [0.15, 0.2) is 0 Å². The number of nitrogens with two attached hydrogens (primary N) is 1. The maximum Gasteiger partial charge on any atom is 0.220 e. The van der Waals surface area contributed by atoms with E-state index in [1.165, 1.54) is 0 Å². The van der Waals surface area contributed by atoms with E-state index in [4.69, 9.17) is 5.73 Å². The number of ketones is 1. The zero-order valence-electron chi connectivity index (χ0n) is 12.1. The van der Waals surface area contributed by atoms with Gasteiger partial charge >= 0.3 is 0 Å². The standard InChI is InChI=1S/C13H24N2O3S2/c1-3-5-12(17)15-10(6-7-19)13(18)20-8-9(14)11(16)4-2/h9-10,19H,3-8,14H2,1-2H3,(H,15,17). The van der Waals surface area contributed by atoms with Crippen LogP contribution in [0.2, 0.25) is 0 Å². The van der Waals surface area contributed by atoms with Crippen molar-refractivity contribution in [2.45, 2.75) is 51.6 Å². The van der Waals surface area contributed by atoms with Crippen LogP contribution in [0.3, 0.4) is 0 Å². The van der Waals surface area contributed by atoms with E-state index in [-0.39, 0.29) is 22.6 Å². The lowest BCUT2D eigenvalue weighted by molar-refractivity contribution is -0.124. The van der Waals surface area contributed by atoms with Crippen LogP contribution in [0, 0.1) is 0 Å². The quantitative estimate of drug-likeness (QED) is 0.526. The van der Waals surface area contributed by atoms with Crippen LogP contribution in [0.5, 0.6) is 0 Å². The SMILES string of the molecule is CCCC(=O)NC(CCS)C(=O)SCC(N)C(=O)CC. The monoisotopic (exact) mass is 320 g/mol. The summed E-state index contributed by atoms with van der Waals surface area (Å²) in [6, 6.07) is -1.18. The zero-order valence-corrected chi connectivity index (χ0v) is 13.8. The topological polar surface area (TPSA) is 89.3 Å². The predicted molar refractivity (Wildman–Crippen MR) is 86.0 cm³/mol. The molecule has 20 heavy (non-hydrogen) atoms. The van der Waals surface area contributed by atoms with Gasteiger partial charge in [-0.15, -0.1) is 0 Å². The van der Waals surface area contributed by atoms with Crippen LogP contribution in [0.4, 0.5) is 0 Å². The first-order valence-electron chi connectivity index (χ1n) is 6.81. The van der Waals surface area contributed by atoms with Crippen molar-refractivity contribution in [3.05, 3.63) is 0 Å². The van der Waals surface area contributed by atoms with Gasteiger partial charge in [-0.25, -0.2) is 0 Å². The summed E-state index contributed by atoms with van der Waals surface area (Å²) < 4.78 is 0. The molecule has 0 aromatic rings. The smallest absolute Gasteiger partial charge is 0.220 e. The molecule has 3 N–H and O–H groups in total. The Morgan fingerprint density at radius 3 is 2.45 bits per heavy atom. The molecule has 0 rings (SSSR count). The van der Waals surface area contributed by atoms with Crippen LogP contribution in [0.25, 0.3) is 0 Å². The zero-order chi connectivity index (χ0) is 15.5. The molecular weight excluding hydrogens is 296 g/mol. The van der Waals surface area contributed by atoms with E-state index in [0.29, 0.717) is 25.0 Å². The van der Waals surface area contributed by atoms with Crippen molar-refractivity contribution < 1.29 is 14.4 Å². The average Bonchev–Trinajstić information content (AvgIpc) is 2.43. The minimum Gasteiger partial charge on any atom is -0.345 e. The first-order chi connectivity index (χ1) is 9.46. The number of hydrogen-bond acceptors (Lipinski definition) is 6. The van der Waals surface area contributed by atoms with Gasteiger partial charge in [-0.05, 0) is 18.6 Å². The van der Waals surface area contributed by atoms with Gasteiger partial charge in [-0.2, -0.15) is 12.6 Å². The molecule has 0 saturated carbocycles. The van der Waals surface area contributed by atoms with Gasteiger partial charge in [-0.3, -0.25) is 14.4 Å². The summed E-state index contributed by atoms with van der Waals surface area (Å²) in [6.45, 7) is 3.64. The molecule has 0 aliphatic carbocycles. The Kier molecular flexibility index (Phi) is 10.9. The van der Waals surface area contributed by atoms with Crippen molar-refractivity contribution in [3.8, 4) is 0 Å². The lowest BCUT2D eigenvalue weighted by Crippen LogP contribution is -2.41. The van der Waals surface area contributed by atoms with Crippen molar-refractivity contribution in [3.63, 3.8) is 0 Å². The van der Waals surface area contributed by atoms with Gasteiger partial charge in [0, 0.05) is 18.6 Å². The highest BCUT2D eigenvalue weighted by atomic mass is 32.2. The Morgan fingerprint density at radius 2 is 1.95 bits per heavy atom. The van der Waals surface area contributed by atoms with Crippen LogP contribution in [-0.2, 0) is 14.4 Å². The minimum absolute atomic E-state index is 0.0638. The van der Waals surface area contributed by atoms with Gasteiger partial charge in [0.1, 0.15) is 5.78 Å². The van der Waals surface area contributed by atoms with Crippen molar-refractivity contribution in [1.29, 1.82) is 0 Å². The molecule has 2 atom stereocenters. The third-order valence-electron chi connectivity index (χ3n) is 2.68. The normalized spacial score (nSPS) is 13.6. The summed E-state index contributed by atoms with van der Waals surface area (Å²) >= 11 is 5.10. The number of carbonyl (C=O) groups is 3. The fraction of sp³-hybridized carbons (Fsp3) is 0.769. The van der Waals surface area contributed by atoms with Crippen LogP contribution in [0.1, 0.15) is 39.5 Å². The lowest BCUT2D eigenvalue weighted by Gasteiger charge is -2.17. The molecule has 0 saturated heterocycles. The molecule has 0 spiro atoms. The highest BCUT2D eigenvalue weighted by molar-refractivity contribution is 8.13. The molecule has 0 aromatic carbocycles. The van der Waals surface area contributed by atoms with E-state index in [1.807, 2.05) is 6.92 Å². The maximum absolute atomic E-state index is 12.0. The lowest BCUT2D eigenvalue weighted by atomic mass is 10.2. The fourth-order valence-electron chi connectivity index (χ4n) is 1.50. The van der Waals surface area contributed by atoms with Crippen molar-refractivity contribution in [1.82, 2.24) is 5.32 Å². The van der Waals surface area contributed by atoms with Crippen LogP contribution < -0.4 is 11.1 Å². The molecule has 0 aromatic heterocycles. The van der Waals surface area contributed by atoms with E-state index in [1.54, 1.807) is 6.92 Å². The number of thioether (sulfide) groups is 1. The first-order valence-corrected chi connectivity index (χ1v) is 8.43. The molecule has 0 heterocycles. The van der Waals surface area contributed by atoms with Crippen LogP contribution in [-0.4, -0.2) is 40.4 Å². The van der Waals surface area contributed by atoms with Crippen molar-refractivity contribution >= 4 is 41.2 Å². The van der Waals surface area contributed by atoms with Crippen molar-refractivity contribution in [2.75, 3.05) is 11.5 Å². The number of thiol groups is 1.